The molecular weight excluding hydrogens is 167 g/mol. The molecule has 0 rings (SSSR count). The fourth-order valence-electron chi connectivity index (χ4n) is 0.156. The molecule has 2 unspecified atom stereocenters. The van der Waals surface area contributed by atoms with Gasteiger partial charge in [0.1, 0.15) is 0 Å². The summed E-state index contributed by atoms with van der Waals surface area (Å²) in [7, 11) is -1.91. The first-order valence-corrected chi connectivity index (χ1v) is 3.62. The van der Waals surface area contributed by atoms with Crippen molar-refractivity contribution in [3.63, 3.8) is 0 Å². The number of hydrogen-bond donors (Lipinski definition) is 1. The van der Waals surface area contributed by atoms with Crippen LogP contribution in [0.1, 0.15) is 20.3 Å². The van der Waals surface area contributed by atoms with Gasteiger partial charge >= 0.3 is 8.03 Å². The van der Waals surface area contributed by atoms with Gasteiger partial charge in [0.2, 0.25) is 0 Å². The molecule has 1 N–H and O–H groups in total. The summed E-state index contributed by atoms with van der Waals surface area (Å²) >= 11 is 0. The van der Waals surface area contributed by atoms with E-state index in [0.29, 0.717) is 0 Å². The van der Waals surface area contributed by atoms with Gasteiger partial charge in [0.05, 0.1) is 0 Å². The van der Waals surface area contributed by atoms with Crippen molar-refractivity contribution in [1.82, 2.24) is 0 Å². The first kappa shape index (κ1) is 11.4. The Morgan fingerprint density at radius 3 is 2.12 bits per heavy atom. The summed E-state index contributed by atoms with van der Waals surface area (Å²) in [4.78, 5) is 8.33. The van der Waals surface area contributed by atoms with Gasteiger partial charge in [-0.15, -0.1) is 0 Å². The third-order valence-electron chi connectivity index (χ3n) is 0.968. The Bertz CT molecular complexity index is 76.4. The summed E-state index contributed by atoms with van der Waals surface area (Å²) in [6.07, 6.45) is 0.783. The third-order valence-corrected chi connectivity index (χ3v) is 2.09. The largest absolute Gasteiger partial charge is 0.508 e. The molecule has 0 saturated heterocycles. The van der Waals surface area contributed by atoms with Gasteiger partial charge in [-0.05, 0) is 17.9 Å². The van der Waals surface area contributed by atoms with Crippen molar-refractivity contribution in [3.05, 3.63) is 0 Å². The normalized spacial score (nSPS) is 14.1. The topological polar surface area (TPSA) is 37.3 Å². The molecule has 0 aliphatic heterocycles. The zero-order valence-corrected chi connectivity index (χ0v) is 6.94. The molecule has 2 nitrogen and oxygen atoms in total. The van der Waals surface area contributed by atoms with Crippen molar-refractivity contribution in [2.24, 2.45) is 0 Å². The zero-order valence-electron chi connectivity index (χ0n) is 4.94. The van der Waals surface area contributed by atoms with Crippen molar-refractivity contribution in [3.8, 4) is 0 Å². The van der Waals surface area contributed by atoms with E-state index in [1.165, 1.54) is 0 Å². The van der Waals surface area contributed by atoms with Gasteiger partial charge in [0.15, 0.2) is 5.66 Å². The quantitative estimate of drug-likeness (QED) is 0.512. The van der Waals surface area contributed by atoms with E-state index in [1.54, 1.807) is 6.92 Å². The van der Waals surface area contributed by atoms with E-state index in [1.807, 2.05) is 6.92 Å². The molecule has 0 aromatic carbocycles. The molecule has 0 aromatic rings. The summed E-state index contributed by atoms with van der Waals surface area (Å²) < 4.78 is 10.1. The maximum absolute atomic E-state index is 10.1. The maximum atomic E-state index is 10.1. The van der Waals surface area contributed by atoms with Crippen molar-refractivity contribution in [2.45, 2.75) is 25.9 Å². The summed E-state index contributed by atoms with van der Waals surface area (Å²) in [5, 5.41) is 0. The van der Waals surface area contributed by atoms with Crippen LogP contribution in [0, 0.1) is 0 Å². The van der Waals surface area contributed by atoms with Crippen LogP contribution in [0.4, 0.5) is 0 Å². The Morgan fingerprint density at radius 1 is 1.75 bits per heavy atom. The van der Waals surface area contributed by atoms with Crippen LogP contribution < -0.4 is 0 Å². The molecule has 8 heavy (non-hydrogen) atoms. The molecule has 2 atom stereocenters. The van der Waals surface area contributed by atoms with Crippen molar-refractivity contribution in [2.75, 3.05) is 0 Å². The molecule has 0 fully saturated rings. The van der Waals surface area contributed by atoms with Crippen LogP contribution in [-0.4, -0.2) is 10.6 Å². The van der Waals surface area contributed by atoms with Gasteiger partial charge in [-0.2, -0.15) is 4.89 Å². The van der Waals surface area contributed by atoms with Crippen LogP contribution in [0.5, 0.6) is 0 Å². The average molecular weight is 177 g/mol. The van der Waals surface area contributed by atoms with Crippen molar-refractivity contribution < 1.29 is 26.5 Å². The SMILES string of the molecule is CCC(C)[P+](=O)O.[Fe]. The first-order valence-electron chi connectivity index (χ1n) is 2.33. The second kappa shape index (κ2) is 5.71. The molecular formula is C4H10FeO2P+. The minimum Gasteiger partial charge on any atom is -0.161 e. The molecule has 50 valence electrons. The maximum Gasteiger partial charge on any atom is 0.508 e. The molecule has 0 radical (unpaired) electrons. The second-order valence-corrected chi connectivity index (χ2v) is 3.05. The van der Waals surface area contributed by atoms with Gasteiger partial charge in [0, 0.05) is 17.1 Å². The predicted octanol–water partition coefficient (Wildman–Crippen LogP) is 1.52. The molecule has 4 heteroatoms. The molecule has 0 aliphatic carbocycles. The van der Waals surface area contributed by atoms with E-state index in [9.17, 15) is 4.57 Å². The number of hydrogen-bond acceptors (Lipinski definition) is 1. The monoisotopic (exact) mass is 177 g/mol. The fourth-order valence-corrected chi connectivity index (χ4v) is 0.469. The molecule has 0 saturated carbocycles. The Labute approximate surface area is 61.0 Å². The minimum absolute atomic E-state index is 0. The smallest absolute Gasteiger partial charge is 0.161 e. The molecule has 0 heterocycles. The fraction of sp³-hybridized carbons (Fsp3) is 1.00. The Kier molecular flexibility index (Phi) is 8.13. The van der Waals surface area contributed by atoms with Gasteiger partial charge in [0.25, 0.3) is 0 Å². The van der Waals surface area contributed by atoms with Gasteiger partial charge in [-0.3, -0.25) is 0 Å². The minimum atomic E-state index is -1.91. The van der Waals surface area contributed by atoms with Gasteiger partial charge in [-0.1, -0.05) is 6.92 Å². The van der Waals surface area contributed by atoms with Crippen LogP contribution in [0.2, 0.25) is 0 Å². The van der Waals surface area contributed by atoms with Crippen LogP contribution in [-0.2, 0) is 21.6 Å². The van der Waals surface area contributed by atoms with E-state index in [0.717, 1.165) is 6.42 Å². The Morgan fingerprint density at radius 2 is 2.12 bits per heavy atom. The predicted molar refractivity (Wildman–Crippen MR) is 29.6 cm³/mol. The summed E-state index contributed by atoms with van der Waals surface area (Å²) in [6, 6.07) is 0. The average Bonchev–Trinajstić information content (AvgIpc) is 1.65. The van der Waals surface area contributed by atoms with Crippen LogP contribution in [0.15, 0.2) is 0 Å². The second-order valence-electron chi connectivity index (χ2n) is 1.56. The van der Waals surface area contributed by atoms with Crippen molar-refractivity contribution >= 4 is 8.03 Å². The summed E-state index contributed by atoms with van der Waals surface area (Å²) in [5.74, 6) is 0. The van der Waals surface area contributed by atoms with E-state index in [-0.39, 0.29) is 22.7 Å². The number of rotatable bonds is 2. The van der Waals surface area contributed by atoms with E-state index < -0.39 is 8.03 Å². The standard InChI is InChI=1S/C4H9O2P.Fe/c1-3-4(2)7(5)6;/h4H,3H2,1-2H3;/p+1. The zero-order chi connectivity index (χ0) is 5.86. The van der Waals surface area contributed by atoms with Gasteiger partial charge in [-0.25, -0.2) is 0 Å². The van der Waals surface area contributed by atoms with Crippen molar-refractivity contribution in [1.29, 1.82) is 0 Å². The van der Waals surface area contributed by atoms with Crippen LogP contribution >= 0.6 is 8.03 Å². The van der Waals surface area contributed by atoms with Crippen LogP contribution in [0.3, 0.4) is 0 Å². The molecule has 0 aromatic heterocycles. The summed E-state index contributed by atoms with van der Waals surface area (Å²) in [5.41, 5.74) is -0.0324. The first-order chi connectivity index (χ1) is 3.18. The molecule has 0 bridgehead atoms. The summed E-state index contributed by atoms with van der Waals surface area (Å²) in [6.45, 7) is 3.66. The van der Waals surface area contributed by atoms with E-state index in [2.05, 4.69) is 0 Å². The Balaban J connectivity index is 0. The molecule has 0 amide bonds. The molecule has 0 spiro atoms. The van der Waals surface area contributed by atoms with E-state index in [4.69, 9.17) is 4.89 Å². The van der Waals surface area contributed by atoms with Gasteiger partial charge < -0.3 is 0 Å². The Hall–Kier alpha value is 0.579. The molecule has 0 aliphatic rings. The van der Waals surface area contributed by atoms with Crippen LogP contribution in [0.25, 0.3) is 0 Å². The van der Waals surface area contributed by atoms with E-state index >= 15 is 0 Å². The third kappa shape index (κ3) is 4.73.